The highest BCUT2D eigenvalue weighted by Gasteiger charge is 2.31. The molecule has 1 amide bonds. The van der Waals surface area contributed by atoms with Crippen LogP contribution in [0.25, 0.3) is 11.2 Å². The predicted molar refractivity (Wildman–Crippen MR) is 101 cm³/mol. The zero-order valence-electron chi connectivity index (χ0n) is 15.3. The molecule has 1 N–H and O–H groups in total. The van der Waals surface area contributed by atoms with Gasteiger partial charge in [-0.05, 0) is 50.7 Å². The fraction of sp³-hybridized carbons (Fsp3) is 0.650. The van der Waals surface area contributed by atoms with Crippen molar-refractivity contribution < 1.29 is 4.79 Å². The highest BCUT2D eigenvalue weighted by atomic mass is 16.2. The molecule has 0 radical (unpaired) electrons. The van der Waals surface area contributed by atoms with Gasteiger partial charge in [-0.1, -0.05) is 6.42 Å². The van der Waals surface area contributed by atoms with E-state index in [0.29, 0.717) is 11.8 Å². The normalized spacial score (nSPS) is 24.2. The number of nitrogens with zero attached hydrogens (tertiary/aromatic N) is 4. The topological polar surface area (TPSA) is 65.1 Å². The SMILES string of the molecule is O=C([C@@H]1CCCN(c2ccc3nc(C4CCC4)[nH]c3n2)C1)N1CCCC1. The number of nitrogens with one attached hydrogen (secondary N) is 1. The Hall–Kier alpha value is -2.11. The fourth-order valence-electron chi connectivity index (χ4n) is 4.54. The van der Waals surface area contributed by atoms with Crippen LogP contribution in [-0.4, -0.2) is 51.9 Å². The average molecular weight is 353 g/mol. The molecule has 138 valence electrons. The summed E-state index contributed by atoms with van der Waals surface area (Å²) in [5, 5.41) is 0. The van der Waals surface area contributed by atoms with Gasteiger partial charge in [0, 0.05) is 32.1 Å². The second-order valence-corrected chi connectivity index (χ2v) is 8.10. The summed E-state index contributed by atoms with van der Waals surface area (Å²) in [7, 11) is 0. The summed E-state index contributed by atoms with van der Waals surface area (Å²) >= 11 is 0. The molecule has 0 unspecified atom stereocenters. The molecule has 6 nitrogen and oxygen atoms in total. The molecular formula is C20H27N5O. The molecule has 5 rings (SSSR count). The van der Waals surface area contributed by atoms with E-state index in [2.05, 4.69) is 26.9 Å². The third-order valence-electron chi connectivity index (χ3n) is 6.35. The number of fused-ring (bicyclic) bond motifs is 1. The van der Waals surface area contributed by atoms with Crippen molar-refractivity contribution in [3.8, 4) is 0 Å². The number of anilines is 1. The molecular weight excluding hydrogens is 326 g/mol. The number of amides is 1. The Kier molecular flexibility index (Phi) is 4.06. The number of H-pyrrole nitrogens is 1. The van der Waals surface area contributed by atoms with E-state index in [1.165, 1.54) is 19.3 Å². The van der Waals surface area contributed by atoms with Crippen molar-refractivity contribution in [2.24, 2.45) is 5.92 Å². The van der Waals surface area contributed by atoms with Gasteiger partial charge in [0.2, 0.25) is 5.91 Å². The molecule has 4 heterocycles. The number of likely N-dealkylation sites (tertiary alicyclic amines) is 1. The lowest BCUT2D eigenvalue weighted by Crippen LogP contribution is -2.44. The predicted octanol–water partition coefficient (Wildman–Crippen LogP) is 3.06. The van der Waals surface area contributed by atoms with Crippen molar-refractivity contribution in [3.05, 3.63) is 18.0 Å². The third kappa shape index (κ3) is 2.85. The Morgan fingerprint density at radius 2 is 1.85 bits per heavy atom. The highest BCUT2D eigenvalue weighted by molar-refractivity contribution is 5.80. The van der Waals surface area contributed by atoms with Crippen LogP contribution in [0.15, 0.2) is 12.1 Å². The molecule has 0 aromatic carbocycles. The van der Waals surface area contributed by atoms with Crippen LogP contribution in [0.4, 0.5) is 5.82 Å². The summed E-state index contributed by atoms with van der Waals surface area (Å²) < 4.78 is 0. The smallest absolute Gasteiger partial charge is 0.227 e. The maximum absolute atomic E-state index is 12.8. The van der Waals surface area contributed by atoms with Crippen LogP contribution >= 0.6 is 0 Å². The summed E-state index contributed by atoms with van der Waals surface area (Å²) in [5.74, 6) is 3.12. The van der Waals surface area contributed by atoms with Crippen molar-refractivity contribution in [3.63, 3.8) is 0 Å². The van der Waals surface area contributed by atoms with Gasteiger partial charge in [-0.25, -0.2) is 9.97 Å². The van der Waals surface area contributed by atoms with Gasteiger partial charge in [-0.3, -0.25) is 4.79 Å². The lowest BCUT2D eigenvalue weighted by Gasteiger charge is -2.34. The molecule has 26 heavy (non-hydrogen) atoms. The van der Waals surface area contributed by atoms with Gasteiger partial charge in [0.05, 0.1) is 5.92 Å². The number of aromatic nitrogens is 3. The van der Waals surface area contributed by atoms with Crippen LogP contribution in [0.5, 0.6) is 0 Å². The largest absolute Gasteiger partial charge is 0.356 e. The number of hydrogen-bond acceptors (Lipinski definition) is 4. The summed E-state index contributed by atoms with van der Waals surface area (Å²) in [6.45, 7) is 3.65. The van der Waals surface area contributed by atoms with Crippen molar-refractivity contribution in [2.45, 2.75) is 50.9 Å². The Bertz CT molecular complexity index is 806. The first-order valence-electron chi connectivity index (χ1n) is 10.2. The van der Waals surface area contributed by atoms with Crippen LogP contribution in [-0.2, 0) is 4.79 Å². The summed E-state index contributed by atoms with van der Waals surface area (Å²) in [6.07, 6.45) is 8.15. The molecule has 6 heteroatoms. The number of imidazole rings is 1. The molecule has 1 aliphatic carbocycles. The molecule has 0 bridgehead atoms. The highest BCUT2D eigenvalue weighted by Crippen LogP contribution is 2.35. The number of aromatic amines is 1. The summed E-state index contributed by atoms with van der Waals surface area (Å²) in [5.41, 5.74) is 1.84. The van der Waals surface area contributed by atoms with Gasteiger partial charge in [0.1, 0.15) is 17.2 Å². The average Bonchev–Trinajstić information content (AvgIpc) is 3.28. The van der Waals surface area contributed by atoms with E-state index in [4.69, 9.17) is 9.97 Å². The molecule has 1 atom stereocenters. The first-order valence-corrected chi connectivity index (χ1v) is 10.2. The molecule has 0 spiro atoms. The van der Waals surface area contributed by atoms with Crippen molar-refractivity contribution >= 4 is 22.9 Å². The van der Waals surface area contributed by atoms with Gasteiger partial charge >= 0.3 is 0 Å². The number of pyridine rings is 1. The summed E-state index contributed by atoms with van der Waals surface area (Å²) in [4.78, 5) is 30.1. The third-order valence-corrected chi connectivity index (χ3v) is 6.35. The minimum Gasteiger partial charge on any atom is -0.356 e. The second-order valence-electron chi connectivity index (χ2n) is 8.10. The number of carbonyl (C=O) groups is 1. The first kappa shape index (κ1) is 16.1. The van der Waals surface area contributed by atoms with E-state index >= 15 is 0 Å². The second kappa shape index (κ2) is 6.56. The zero-order chi connectivity index (χ0) is 17.5. The first-order chi connectivity index (χ1) is 12.8. The van der Waals surface area contributed by atoms with E-state index in [9.17, 15) is 4.79 Å². The molecule has 2 saturated heterocycles. The monoisotopic (exact) mass is 353 g/mol. The maximum Gasteiger partial charge on any atom is 0.227 e. The van der Waals surface area contributed by atoms with E-state index in [1.54, 1.807) is 0 Å². The maximum atomic E-state index is 12.8. The molecule has 3 fully saturated rings. The Morgan fingerprint density at radius 1 is 1.00 bits per heavy atom. The van der Waals surface area contributed by atoms with Crippen molar-refractivity contribution in [1.82, 2.24) is 19.9 Å². The minimum atomic E-state index is 0.117. The van der Waals surface area contributed by atoms with Gasteiger partial charge < -0.3 is 14.8 Å². The van der Waals surface area contributed by atoms with Gasteiger partial charge in [0.15, 0.2) is 5.65 Å². The van der Waals surface area contributed by atoms with Crippen LogP contribution < -0.4 is 4.90 Å². The molecule has 2 aliphatic heterocycles. The lowest BCUT2D eigenvalue weighted by atomic mass is 9.85. The van der Waals surface area contributed by atoms with E-state index in [-0.39, 0.29) is 5.92 Å². The van der Waals surface area contributed by atoms with Gasteiger partial charge in [-0.2, -0.15) is 0 Å². The number of hydrogen-bond donors (Lipinski definition) is 1. The van der Waals surface area contributed by atoms with E-state index in [1.807, 2.05) is 0 Å². The van der Waals surface area contributed by atoms with Gasteiger partial charge in [0.25, 0.3) is 0 Å². The lowest BCUT2D eigenvalue weighted by molar-refractivity contribution is -0.134. The molecule has 3 aliphatic rings. The Labute approximate surface area is 154 Å². The van der Waals surface area contributed by atoms with Crippen LogP contribution in [0.1, 0.15) is 56.7 Å². The number of rotatable bonds is 3. The fourth-order valence-corrected chi connectivity index (χ4v) is 4.54. The molecule has 2 aromatic rings. The number of carbonyl (C=O) groups excluding carboxylic acids is 1. The van der Waals surface area contributed by atoms with Crippen LogP contribution in [0, 0.1) is 5.92 Å². The minimum absolute atomic E-state index is 0.117. The van der Waals surface area contributed by atoms with Crippen molar-refractivity contribution in [2.75, 3.05) is 31.1 Å². The van der Waals surface area contributed by atoms with E-state index in [0.717, 1.165) is 74.7 Å². The quantitative estimate of drug-likeness (QED) is 0.921. The van der Waals surface area contributed by atoms with Crippen molar-refractivity contribution in [1.29, 1.82) is 0 Å². The Morgan fingerprint density at radius 3 is 2.62 bits per heavy atom. The standard InChI is InChI=1S/C20H27N5O/c26-20(24-10-1-2-11-24)15-7-4-12-25(13-15)17-9-8-16-19(22-17)23-18(21-16)14-5-3-6-14/h8-9,14-15H,1-7,10-13H2,(H,21,22,23)/t15-/m1/s1. The van der Waals surface area contributed by atoms with E-state index < -0.39 is 0 Å². The Balaban J connectivity index is 1.34. The number of piperidine rings is 1. The molecule has 1 saturated carbocycles. The zero-order valence-corrected chi connectivity index (χ0v) is 15.3. The molecule has 2 aromatic heterocycles. The van der Waals surface area contributed by atoms with Gasteiger partial charge in [-0.15, -0.1) is 0 Å². The van der Waals surface area contributed by atoms with Crippen LogP contribution in [0.2, 0.25) is 0 Å². The van der Waals surface area contributed by atoms with Crippen LogP contribution in [0.3, 0.4) is 0 Å². The summed E-state index contributed by atoms with van der Waals surface area (Å²) in [6, 6.07) is 4.14.